The Balaban J connectivity index is 2.05. The fourth-order valence-electron chi connectivity index (χ4n) is 2.86. The van der Waals surface area contributed by atoms with Gasteiger partial charge in [0.2, 0.25) is 0 Å². The molecule has 1 spiro atoms. The van der Waals surface area contributed by atoms with Crippen LogP contribution in [0.2, 0.25) is 0 Å². The van der Waals surface area contributed by atoms with E-state index in [4.69, 9.17) is 0 Å². The summed E-state index contributed by atoms with van der Waals surface area (Å²) in [4.78, 5) is 2.83. The summed E-state index contributed by atoms with van der Waals surface area (Å²) in [7, 11) is 0. The lowest BCUT2D eigenvalue weighted by Gasteiger charge is -2.42. The summed E-state index contributed by atoms with van der Waals surface area (Å²) in [5.41, 5.74) is 3.12. The van der Waals surface area contributed by atoms with E-state index in [1.807, 2.05) is 11.8 Å². The van der Waals surface area contributed by atoms with Crippen LogP contribution in [-0.2, 0) is 5.41 Å². The van der Waals surface area contributed by atoms with E-state index in [9.17, 15) is 0 Å². The number of fused-ring (bicyclic) bond motifs is 4. The molecule has 0 amide bonds. The molecule has 1 aliphatic heterocycles. The molecular weight excluding hydrogens is 224 g/mol. The van der Waals surface area contributed by atoms with Crippen LogP contribution in [0.5, 0.6) is 0 Å². The predicted octanol–water partition coefficient (Wildman–Crippen LogP) is 4.40. The molecule has 0 aromatic heterocycles. The Labute approximate surface area is 105 Å². The normalized spacial score (nSPS) is 18.4. The van der Waals surface area contributed by atoms with E-state index in [2.05, 4.69) is 60.7 Å². The molecule has 1 aliphatic carbocycles. The average Bonchev–Trinajstić information content (AvgIpc) is 2.33. The zero-order chi connectivity index (χ0) is 11.3. The molecule has 0 N–H and O–H groups in total. The van der Waals surface area contributed by atoms with Gasteiger partial charge in [0.25, 0.3) is 0 Å². The van der Waals surface area contributed by atoms with E-state index >= 15 is 0 Å². The fourth-order valence-corrected chi connectivity index (χ4v) is 4.12. The van der Waals surface area contributed by atoms with Gasteiger partial charge in [-0.3, -0.25) is 0 Å². The summed E-state index contributed by atoms with van der Waals surface area (Å²) in [5.74, 6) is 0. The van der Waals surface area contributed by atoms with Gasteiger partial charge in [-0.05, 0) is 29.7 Å². The molecule has 0 unspecified atom stereocenters. The van der Waals surface area contributed by atoms with Crippen molar-refractivity contribution >= 4 is 11.8 Å². The summed E-state index contributed by atoms with van der Waals surface area (Å²) in [6.07, 6.45) is 5.79. The van der Waals surface area contributed by atoms with Gasteiger partial charge in [0.15, 0.2) is 0 Å². The molecule has 4 rings (SSSR count). The number of benzene rings is 2. The Bertz CT molecular complexity index is 579. The largest absolute Gasteiger partial charge is 0.0894 e. The van der Waals surface area contributed by atoms with Crippen molar-refractivity contribution in [2.45, 2.75) is 21.6 Å². The first-order valence-corrected chi connectivity index (χ1v) is 6.76. The molecule has 82 valence electrons. The van der Waals surface area contributed by atoms with Gasteiger partial charge in [-0.1, -0.05) is 60.3 Å². The third kappa shape index (κ3) is 1.15. The van der Waals surface area contributed by atoms with Crippen molar-refractivity contribution in [3.8, 4) is 0 Å². The standard InChI is InChI=1S/C16H12S/c1-3-8-14-12(6-1)16(10-5-11-16)13-7-2-4-9-15(13)17-14/h1-10H,11H2. The molecule has 1 heteroatoms. The van der Waals surface area contributed by atoms with E-state index < -0.39 is 0 Å². The van der Waals surface area contributed by atoms with Crippen LogP contribution in [0.25, 0.3) is 0 Å². The maximum Gasteiger partial charge on any atom is 0.0438 e. The maximum absolute atomic E-state index is 2.37. The van der Waals surface area contributed by atoms with Crippen LogP contribution >= 0.6 is 11.8 Å². The van der Waals surface area contributed by atoms with Crippen molar-refractivity contribution in [3.63, 3.8) is 0 Å². The van der Waals surface area contributed by atoms with Crippen LogP contribution in [0.15, 0.2) is 70.5 Å². The Morgan fingerprint density at radius 3 is 1.82 bits per heavy atom. The van der Waals surface area contributed by atoms with Crippen molar-refractivity contribution in [3.05, 3.63) is 71.8 Å². The van der Waals surface area contributed by atoms with Gasteiger partial charge in [-0.25, -0.2) is 0 Å². The molecule has 2 aliphatic rings. The molecule has 17 heavy (non-hydrogen) atoms. The molecule has 0 fully saturated rings. The molecule has 0 atom stereocenters. The Morgan fingerprint density at radius 2 is 1.35 bits per heavy atom. The lowest BCUT2D eigenvalue weighted by Crippen LogP contribution is -2.33. The Morgan fingerprint density at radius 1 is 0.824 bits per heavy atom. The molecule has 2 aromatic carbocycles. The van der Waals surface area contributed by atoms with Crippen LogP contribution in [0, 0.1) is 0 Å². The van der Waals surface area contributed by atoms with E-state index in [0.717, 1.165) is 6.42 Å². The van der Waals surface area contributed by atoms with Gasteiger partial charge >= 0.3 is 0 Å². The van der Waals surface area contributed by atoms with E-state index in [0.29, 0.717) is 0 Å². The van der Waals surface area contributed by atoms with Gasteiger partial charge in [-0.2, -0.15) is 0 Å². The number of hydrogen-bond acceptors (Lipinski definition) is 1. The highest BCUT2D eigenvalue weighted by atomic mass is 32.2. The quantitative estimate of drug-likeness (QED) is 0.611. The molecule has 0 radical (unpaired) electrons. The third-order valence-corrected chi connectivity index (χ3v) is 4.95. The first-order valence-electron chi connectivity index (χ1n) is 5.95. The smallest absolute Gasteiger partial charge is 0.0438 e. The van der Waals surface area contributed by atoms with Gasteiger partial charge in [-0.15, -0.1) is 0 Å². The van der Waals surface area contributed by atoms with Crippen molar-refractivity contribution in [1.29, 1.82) is 0 Å². The summed E-state index contributed by atoms with van der Waals surface area (Å²) in [6.45, 7) is 0. The highest BCUT2D eigenvalue weighted by molar-refractivity contribution is 7.99. The average molecular weight is 236 g/mol. The number of allylic oxidation sites excluding steroid dienone is 2. The maximum atomic E-state index is 2.37. The second-order valence-corrected chi connectivity index (χ2v) is 5.76. The Kier molecular flexibility index (Phi) is 1.84. The summed E-state index contributed by atoms with van der Waals surface area (Å²) < 4.78 is 0. The summed E-state index contributed by atoms with van der Waals surface area (Å²) in [6, 6.07) is 17.6. The number of rotatable bonds is 0. The van der Waals surface area contributed by atoms with Gasteiger partial charge in [0.05, 0.1) is 0 Å². The lowest BCUT2D eigenvalue weighted by molar-refractivity contribution is 0.571. The third-order valence-electron chi connectivity index (χ3n) is 3.80. The molecule has 2 aromatic rings. The SMILES string of the molecule is C1=CC2(C1)c1ccccc1Sc1ccccc12. The van der Waals surface area contributed by atoms with Crippen LogP contribution in [0.3, 0.4) is 0 Å². The van der Waals surface area contributed by atoms with Crippen LogP contribution in [-0.4, -0.2) is 0 Å². The Hall–Kier alpha value is -1.47. The molecular formula is C16H12S. The second kappa shape index (κ2) is 3.27. The van der Waals surface area contributed by atoms with E-state index in [1.165, 1.54) is 20.9 Å². The van der Waals surface area contributed by atoms with Crippen LogP contribution in [0.4, 0.5) is 0 Å². The zero-order valence-electron chi connectivity index (χ0n) is 9.39. The molecule has 0 nitrogen and oxygen atoms in total. The second-order valence-electron chi connectivity index (χ2n) is 4.67. The van der Waals surface area contributed by atoms with Crippen LogP contribution in [0.1, 0.15) is 17.5 Å². The number of hydrogen-bond donors (Lipinski definition) is 0. The van der Waals surface area contributed by atoms with Crippen LogP contribution < -0.4 is 0 Å². The lowest BCUT2D eigenvalue weighted by atomic mass is 9.66. The van der Waals surface area contributed by atoms with Crippen molar-refractivity contribution in [1.82, 2.24) is 0 Å². The monoisotopic (exact) mass is 236 g/mol. The van der Waals surface area contributed by atoms with Crippen molar-refractivity contribution in [2.75, 3.05) is 0 Å². The van der Waals surface area contributed by atoms with Gasteiger partial charge < -0.3 is 0 Å². The first kappa shape index (κ1) is 9.55. The van der Waals surface area contributed by atoms with Gasteiger partial charge in [0.1, 0.15) is 0 Å². The van der Waals surface area contributed by atoms with Crippen molar-refractivity contribution in [2.24, 2.45) is 0 Å². The minimum absolute atomic E-state index is 0.165. The van der Waals surface area contributed by atoms with Crippen molar-refractivity contribution < 1.29 is 0 Å². The van der Waals surface area contributed by atoms with E-state index in [1.54, 1.807) is 0 Å². The molecule has 0 saturated carbocycles. The molecule has 0 saturated heterocycles. The highest BCUT2D eigenvalue weighted by Gasteiger charge is 2.41. The minimum Gasteiger partial charge on any atom is -0.0894 e. The van der Waals surface area contributed by atoms with E-state index in [-0.39, 0.29) is 5.41 Å². The summed E-state index contributed by atoms with van der Waals surface area (Å²) in [5, 5.41) is 0. The topological polar surface area (TPSA) is 0 Å². The summed E-state index contributed by atoms with van der Waals surface area (Å²) >= 11 is 1.90. The fraction of sp³-hybridized carbons (Fsp3) is 0.125. The minimum atomic E-state index is 0.165. The first-order chi connectivity index (χ1) is 8.40. The van der Waals surface area contributed by atoms with Gasteiger partial charge in [0, 0.05) is 15.2 Å². The molecule has 1 heterocycles. The zero-order valence-corrected chi connectivity index (χ0v) is 10.2. The highest BCUT2D eigenvalue weighted by Crippen LogP contribution is 2.54. The predicted molar refractivity (Wildman–Crippen MR) is 71.5 cm³/mol. The molecule has 0 bridgehead atoms.